The van der Waals surface area contributed by atoms with Crippen molar-refractivity contribution in [2.24, 2.45) is 0 Å². The molecular formula is C29H30ClN5O4. The number of amides is 4. The first-order valence-electron chi connectivity index (χ1n) is 12.8. The minimum atomic E-state index is -0.843. The molecule has 0 unspecified atom stereocenters. The number of likely N-dealkylation sites (tertiary alicyclic amines) is 1. The lowest BCUT2D eigenvalue weighted by Crippen LogP contribution is -2.58. The third kappa shape index (κ3) is 5.63. The minimum absolute atomic E-state index is 0.0868. The predicted octanol–water partition coefficient (Wildman–Crippen LogP) is 4.66. The van der Waals surface area contributed by atoms with Gasteiger partial charge in [-0.25, -0.2) is 4.79 Å². The van der Waals surface area contributed by atoms with Gasteiger partial charge in [0.1, 0.15) is 17.8 Å². The van der Waals surface area contributed by atoms with Crippen LogP contribution in [0.25, 0.3) is 0 Å². The lowest BCUT2D eigenvalue weighted by atomic mass is 9.85. The van der Waals surface area contributed by atoms with Crippen LogP contribution in [-0.4, -0.2) is 66.6 Å². The van der Waals surface area contributed by atoms with E-state index in [-0.39, 0.29) is 31.1 Å². The van der Waals surface area contributed by atoms with Gasteiger partial charge in [-0.2, -0.15) is 0 Å². The number of hydrogen-bond donors (Lipinski definition) is 2. The van der Waals surface area contributed by atoms with Crippen molar-refractivity contribution in [2.45, 2.75) is 18.4 Å². The molecule has 3 aromatic rings. The van der Waals surface area contributed by atoms with Crippen LogP contribution < -0.4 is 20.3 Å². The second kappa shape index (κ2) is 11.2. The van der Waals surface area contributed by atoms with Crippen LogP contribution in [0.2, 0.25) is 5.02 Å². The molecule has 10 heteroatoms. The fourth-order valence-corrected chi connectivity index (χ4v) is 5.44. The van der Waals surface area contributed by atoms with Crippen molar-refractivity contribution in [3.8, 4) is 5.75 Å². The second-order valence-corrected chi connectivity index (χ2v) is 10.1. The van der Waals surface area contributed by atoms with Crippen LogP contribution in [0.15, 0.2) is 78.9 Å². The first-order valence-corrected chi connectivity index (χ1v) is 13.1. The predicted molar refractivity (Wildman–Crippen MR) is 151 cm³/mol. The lowest BCUT2D eigenvalue weighted by molar-refractivity contribution is -0.136. The number of nitrogens with zero attached hydrogens (tertiary/aromatic N) is 3. The summed E-state index contributed by atoms with van der Waals surface area (Å²) >= 11 is 6.04. The van der Waals surface area contributed by atoms with E-state index < -0.39 is 5.54 Å². The maximum atomic E-state index is 13.9. The van der Waals surface area contributed by atoms with Gasteiger partial charge in [-0.05, 0) is 55.3 Å². The Morgan fingerprint density at radius 3 is 2.31 bits per heavy atom. The van der Waals surface area contributed by atoms with Crippen LogP contribution in [0, 0.1) is 0 Å². The van der Waals surface area contributed by atoms with Crippen molar-refractivity contribution in [1.82, 2.24) is 9.80 Å². The number of para-hydroxylation sites is 1. The molecule has 2 heterocycles. The second-order valence-electron chi connectivity index (χ2n) is 9.65. The zero-order valence-corrected chi connectivity index (χ0v) is 22.4. The van der Waals surface area contributed by atoms with E-state index in [0.717, 1.165) is 5.69 Å². The van der Waals surface area contributed by atoms with Crippen molar-refractivity contribution in [1.29, 1.82) is 0 Å². The Bertz CT molecular complexity index is 1360. The van der Waals surface area contributed by atoms with Crippen LogP contribution in [0.1, 0.15) is 12.8 Å². The number of hydrogen-bond acceptors (Lipinski definition) is 5. The molecule has 3 aromatic carbocycles. The monoisotopic (exact) mass is 547 g/mol. The Balaban J connectivity index is 1.30. The molecule has 0 aromatic heterocycles. The topological polar surface area (TPSA) is 94.2 Å². The molecule has 4 amide bonds. The summed E-state index contributed by atoms with van der Waals surface area (Å²) in [6.45, 7) is 0.985. The lowest BCUT2D eigenvalue weighted by Gasteiger charge is -2.43. The van der Waals surface area contributed by atoms with Crippen LogP contribution in [0.4, 0.5) is 21.9 Å². The highest BCUT2D eigenvalue weighted by atomic mass is 35.5. The standard InChI is InChI=1S/C29H30ClN5O4/c1-39-25-12-6-9-23(18-25)32-28(38)33-15-13-29(14-16-33)27(37)34(20-35(29)24-10-3-2-4-11-24)19-26(36)31-22-8-5-7-21(30)17-22/h2-12,17-18H,13-16,19-20H2,1H3,(H,31,36)(H,32,38). The molecule has 9 nitrogen and oxygen atoms in total. The van der Waals surface area contributed by atoms with E-state index in [2.05, 4.69) is 15.5 Å². The Labute approximate surface area is 232 Å². The maximum Gasteiger partial charge on any atom is 0.321 e. The molecule has 0 aliphatic carbocycles. The Kier molecular flexibility index (Phi) is 7.60. The van der Waals surface area contributed by atoms with Gasteiger partial charge in [0.15, 0.2) is 0 Å². The fourth-order valence-electron chi connectivity index (χ4n) is 5.25. The largest absolute Gasteiger partial charge is 0.497 e. The summed E-state index contributed by atoms with van der Waals surface area (Å²) in [5.74, 6) is 0.242. The van der Waals surface area contributed by atoms with E-state index in [1.54, 1.807) is 53.3 Å². The number of ether oxygens (including phenoxy) is 1. The third-order valence-electron chi connectivity index (χ3n) is 7.22. The molecule has 1 spiro atoms. The molecule has 2 fully saturated rings. The summed E-state index contributed by atoms with van der Waals surface area (Å²) in [5, 5.41) is 6.26. The molecule has 0 atom stereocenters. The molecule has 0 saturated carbocycles. The van der Waals surface area contributed by atoms with Crippen molar-refractivity contribution in [3.05, 3.63) is 83.9 Å². The number of benzene rings is 3. The van der Waals surface area contributed by atoms with Crippen LogP contribution in [-0.2, 0) is 9.59 Å². The van der Waals surface area contributed by atoms with E-state index in [0.29, 0.717) is 48.1 Å². The first-order chi connectivity index (χ1) is 18.9. The number of rotatable bonds is 6. The van der Waals surface area contributed by atoms with Gasteiger partial charge in [0, 0.05) is 41.2 Å². The number of carbonyl (C=O) groups is 3. The van der Waals surface area contributed by atoms with Gasteiger partial charge in [0.25, 0.3) is 5.91 Å². The normalized spacial score (nSPS) is 16.4. The van der Waals surface area contributed by atoms with Crippen LogP contribution in [0.3, 0.4) is 0 Å². The van der Waals surface area contributed by atoms with Crippen molar-refractivity contribution >= 4 is 46.5 Å². The number of piperidine rings is 1. The van der Waals surface area contributed by atoms with Gasteiger partial charge in [0.05, 0.1) is 13.8 Å². The summed E-state index contributed by atoms with van der Waals surface area (Å²) in [7, 11) is 1.58. The van der Waals surface area contributed by atoms with E-state index in [1.807, 2.05) is 42.5 Å². The van der Waals surface area contributed by atoms with Gasteiger partial charge in [-0.1, -0.05) is 41.9 Å². The van der Waals surface area contributed by atoms with Gasteiger partial charge >= 0.3 is 6.03 Å². The summed E-state index contributed by atoms with van der Waals surface area (Å²) < 4.78 is 5.24. The highest BCUT2D eigenvalue weighted by molar-refractivity contribution is 6.30. The number of methoxy groups -OCH3 is 1. The minimum Gasteiger partial charge on any atom is -0.497 e. The molecule has 39 heavy (non-hydrogen) atoms. The van der Waals surface area contributed by atoms with Gasteiger partial charge in [0.2, 0.25) is 5.91 Å². The third-order valence-corrected chi connectivity index (χ3v) is 7.46. The Morgan fingerprint density at radius 1 is 0.923 bits per heavy atom. The Hall–Kier alpha value is -4.24. The van der Waals surface area contributed by atoms with Gasteiger partial charge in [-0.15, -0.1) is 0 Å². The average Bonchev–Trinajstić information content (AvgIpc) is 3.20. The number of halogens is 1. The number of anilines is 3. The highest BCUT2D eigenvalue weighted by Crippen LogP contribution is 2.39. The summed E-state index contributed by atoms with van der Waals surface area (Å²) in [6, 6.07) is 23.6. The molecule has 202 valence electrons. The van der Waals surface area contributed by atoms with Crippen LogP contribution in [0.5, 0.6) is 5.75 Å². The zero-order valence-electron chi connectivity index (χ0n) is 21.6. The number of carbonyl (C=O) groups excluding carboxylic acids is 3. The van der Waals surface area contributed by atoms with Crippen molar-refractivity contribution in [2.75, 3.05) is 48.9 Å². The summed E-state index contributed by atoms with van der Waals surface area (Å²) in [6.07, 6.45) is 0.886. The average molecular weight is 548 g/mol. The maximum absolute atomic E-state index is 13.9. The molecule has 2 N–H and O–H groups in total. The number of urea groups is 1. The molecule has 5 rings (SSSR count). The Morgan fingerprint density at radius 2 is 1.62 bits per heavy atom. The number of nitrogens with one attached hydrogen (secondary N) is 2. The van der Waals surface area contributed by atoms with Crippen LogP contribution >= 0.6 is 11.6 Å². The van der Waals surface area contributed by atoms with E-state index in [1.165, 1.54) is 0 Å². The van der Waals surface area contributed by atoms with Crippen molar-refractivity contribution < 1.29 is 19.1 Å². The molecule has 2 aliphatic heterocycles. The molecule has 2 saturated heterocycles. The molecule has 0 radical (unpaired) electrons. The fraction of sp³-hybridized carbons (Fsp3) is 0.276. The SMILES string of the molecule is COc1cccc(NC(=O)N2CCC3(CC2)C(=O)N(CC(=O)Nc2cccc(Cl)c2)CN3c2ccccc2)c1. The zero-order chi connectivity index (χ0) is 27.4. The quantitative estimate of drug-likeness (QED) is 0.468. The van der Waals surface area contributed by atoms with E-state index >= 15 is 0 Å². The summed E-state index contributed by atoms with van der Waals surface area (Å²) in [4.78, 5) is 45.1. The van der Waals surface area contributed by atoms with Gasteiger partial charge in [-0.3, -0.25) is 9.59 Å². The smallest absolute Gasteiger partial charge is 0.321 e. The van der Waals surface area contributed by atoms with E-state index in [4.69, 9.17) is 16.3 Å². The highest BCUT2D eigenvalue weighted by Gasteiger charge is 2.54. The molecule has 2 aliphatic rings. The first kappa shape index (κ1) is 26.4. The van der Waals surface area contributed by atoms with Crippen molar-refractivity contribution in [3.63, 3.8) is 0 Å². The molecule has 0 bridgehead atoms. The molecular weight excluding hydrogens is 518 g/mol. The van der Waals surface area contributed by atoms with Gasteiger partial charge < -0.3 is 30.1 Å². The van der Waals surface area contributed by atoms with E-state index in [9.17, 15) is 14.4 Å². The summed E-state index contributed by atoms with van der Waals surface area (Å²) in [5.41, 5.74) is 1.27.